The highest BCUT2D eigenvalue weighted by atomic mass is 31.2. The zero-order valence-electron chi connectivity index (χ0n) is 43.1. The van der Waals surface area contributed by atoms with Gasteiger partial charge >= 0.3 is 27.6 Å². The van der Waals surface area contributed by atoms with E-state index >= 15 is 0 Å². The number of unbranched alkanes of at least 4 members (excludes halogenated alkanes) is 10. The minimum Gasteiger partial charge on any atom is -0.462 e. The van der Waals surface area contributed by atoms with Crippen LogP contribution in [-0.4, -0.2) is 114 Å². The number of hydrogen-bond acceptors (Lipinski definition) is 14. The molecular formula is C54H88O17P2. The maximum Gasteiger partial charge on any atom is 0.472 e. The van der Waals surface area contributed by atoms with E-state index < -0.39 is 89.6 Å². The second-order valence-electron chi connectivity index (χ2n) is 17.7. The molecule has 0 saturated heterocycles. The molecule has 1 aliphatic rings. The zero-order chi connectivity index (χ0) is 54.0. The van der Waals surface area contributed by atoms with Crippen LogP contribution in [-0.2, 0) is 41.8 Å². The lowest BCUT2D eigenvalue weighted by Crippen LogP contribution is -2.64. The van der Waals surface area contributed by atoms with Gasteiger partial charge in [-0.1, -0.05) is 168 Å². The molecule has 1 fully saturated rings. The highest BCUT2D eigenvalue weighted by molar-refractivity contribution is 7.47. The summed E-state index contributed by atoms with van der Waals surface area (Å²) in [6.07, 6.45) is 39.4. The molecule has 8 N–H and O–H groups in total. The third-order valence-corrected chi connectivity index (χ3v) is 12.7. The Kier molecular flexibility index (Phi) is 39.7. The van der Waals surface area contributed by atoms with Gasteiger partial charge in [-0.05, 0) is 83.5 Å². The summed E-state index contributed by atoms with van der Waals surface area (Å²) in [6, 6.07) is 0. The largest absolute Gasteiger partial charge is 0.472 e. The summed E-state index contributed by atoms with van der Waals surface area (Å²) in [5.41, 5.74) is 0. The number of esters is 2. The number of aliphatic hydroxyl groups is 5. The number of allylic oxidation sites excluding steroid dienone is 16. The van der Waals surface area contributed by atoms with Gasteiger partial charge in [0.2, 0.25) is 0 Å². The van der Waals surface area contributed by atoms with E-state index in [1.54, 1.807) is 12.2 Å². The highest BCUT2D eigenvalue weighted by Gasteiger charge is 2.54. The minimum atomic E-state index is -5.39. The molecule has 1 rings (SSSR count). The van der Waals surface area contributed by atoms with Gasteiger partial charge in [0, 0.05) is 12.8 Å². The van der Waals surface area contributed by atoms with Crippen LogP contribution < -0.4 is 0 Å². The van der Waals surface area contributed by atoms with Crippen LogP contribution in [0, 0.1) is 0 Å². The molecule has 0 aliphatic heterocycles. The van der Waals surface area contributed by atoms with E-state index in [1.807, 2.05) is 67.7 Å². The van der Waals surface area contributed by atoms with Crippen molar-refractivity contribution in [1.82, 2.24) is 0 Å². The van der Waals surface area contributed by atoms with Crippen LogP contribution in [0.15, 0.2) is 109 Å². The second-order valence-corrected chi connectivity index (χ2v) is 20.3. The highest BCUT2D eigenvalue weighted by Crippen LogP contribution is 2.49. The Labute approximate surface area is 434 Å². The maximum atomic E-state index is 13.0. The van der Waals surface area contributed by atoms with Crippen LogP contribution in [0.5, 0.6) is 0 Å². The van der Waals surface area contributed by atoms with Gasteiger partial charge in [0.15, 0.2) is 6.10 Å². The molecule has 9 atom stereocenters. The van der Waals surface area contributed by atoms with Gasteiger partial charge < -0.3 is 49.7 Å². The topological polar surface area (TPSA) is 276 Å². The normalized spacial score (nSPS) is 21.9. The van der Waals surface area contributed by atoms with Crippen LogP contribution in [0.25, 0.3) is 0 Å². The van der Waals surface area contributed by atoms with E-state index in [-0.39, 0.29) is 19.3 Å². The number of hydrogen-bond donors (Lipinski definition) is 8. The molecule has 6 unspecified atom stereocenters. The molecule has 1 saturated carbocycles. The number of phosphoric acid groups is 2. The summed E-state index contributed by atoms with van der Waals surface area (Å²) >= 11 is 0. The molecule has 1 aliphatic carbocycles. The Morgan fingerprint density at radius 2 is 1.03 bits per heavy atom. The number of ether oxygens (including phenoxy) is 2. The lowest BCUT2D eigenvalue weighted by Gasteiger charge is -2.43. The smallest absolute Gasteiger partial charge is 0.462 e. The molecule has 0 radical (unpaired) electrons. The van der Waals surface area contributed by atoms with Gasteiger partial charge in [-0.15, -0.1) is 0 Å². The molecule has 0 spiro atoms. The zero-order valence-corrected chi connectivity index (χ0v) is 44.9. The van der Waals surface area contributed by atoms with Crippen LogP contribution in [0.2, 0.25) is 0 Å². The van der Waals surface area contributed by atoms with Gasteiger partial charge in [0.1, 0.15) is 43.2 Å². The summed E-state index contributed by atoms with van der Waals surface area (Å²) < 4.78 is 49.4. The first-order valence-corrected chi connectivity index (χ1v) is 29.1. The van der Waals surface area contributed by atoms with Crippen molar-refractivity contribution in [1.29, 1.82) is 0 Å². The van der Waals surface area contributed by atoms with Crippen molar-refractivity contribution in [3.63, 3.8) is 0 Å². The molecule has 0 aromatic carbocycles. The Bertz CT molecular complexity index is 1830. The molecule has 0 aromatic heterocycles. The lowest BCUT2D eigenvalue weighted by atomic mass is 9.85. The predicted octanol–water partition coefficient (Wildman–Crippen LogP) is 9.87. The van der Waals surface area contributed by atoms with Crippen molar-refractivity contribution in [2.45, 2.75) is 204 Å². The third-order valence-electron chi connectivity index (χ3n) is 11.2. The van der Waals surface area contributed by atoms with E-state index in [2.05, 4.69) is 47.9 Å². The monoisotopic (exact) mass is 1070 g/mol. The number of carbonyl (C=O) groups is 2. The molecule has 416 valence electrons. The fourth-order valence-electron chi connectivity index (χ4n) is 7.14. The van der Waals surface area contributed by atoms with Crippen molar-refractivity contribution < 1.29 is 82.0 Å². The van der Waals surface area contributed by atoms with Crippen molar-refractivity contribution >= 4 is 27.6 Å². The standard InChI is InChI=1S/C54H88O17P2/c1-3-5-7-8-9-10-11-12-13-14-15-16-17-18-21-24-27-30-33-37-41-47(56)67-43-46(44-68-73(65,66)71-54-51(60)49(58)50(59)53(52(54)61)70-72(62,63)64)69-48(57)42-38-34-31-28-25-22-19-20-23-26-29-32-36-40-45(55)39-35-6-4-2/h6,10-11,13-14,16-17,20,22-23,25,29,31-32,34-36,40,45-46,49-55,58-61H,3-5,7-9,12,15,18-19,21,24,26-28,30,33,37-39,41-44H2,1-2H3,(H,65,66)(H2,62,63,64)/b11-10-,14-13-,17-16-,23-20-,25-22-,32-29+,34-31-,35-6-,40-36+/t45?,46-,49?,50?,51?,52?,53-,54+/m1/s1. The second kappa shape index (κ2) is 42.8. The molecule has 0 bridgehead atoms. The van der Waals surface area contributed by atoms with E-state index in [0.717, 1.165) is 77.0 Å². The van der Waals surface area contributed by atoms with E-state index in [0.29, 0.717) is 19.3 Å². The molecule has 17 nitrogen and oxygen atoms in total. The molecular weight excluding hydrogens is 983 g/mol. The molecule has 0 heterocycles. The number of rotatable bonds is 42. The first kappa shape index (κ1) is 67.6. The quantitative estimate of drug-likeness (QED) is 0.00928. The summed E-state index contributed by atoms with van der Waals surface area (Å²) in [7, 11) is -10.7. The van der Waals surface area contributed by atoms with E-state index in [1.165, 1.54) is 25.7 Å². The lowest BCUT2D eigenvalue weighted by molar-refractivity contribution is -0.216. The summed E-state index contributed by atoms with van der Waals surface area (Å²) in [6.45, 7) is 2.82. The van der Waals surface area contributed by atoms with Gasteiger partial charge in [0.05, 0.1) is 12.7 Å². The summed E-state index contributed by atoms with van der Waals surface area (Å²) in [4.78, 5) is 54.4. The van der Waals surface area contributed by atoms with Gasteiger partial charge in [-0.2, -0.15) is 0 Å². The fraction of sp³-hybridized carbons (Fsp3) is 0.630. The van der Waals surface area contributed by atoms with Gasteiger partial charge in [0.25, 0.3) is 0 Å². The van der Waals surface area contributed by atoms with Gasteiger partial charge in [-0.25, -0.2) is 9.13 Å². The summed E-state index contributed by atoms with van der Waals surface area (Å²) in [5.74, 6) is -1.35. The average molecular weight is 1070 g/mol. The molecule has 73 heavy (non-hydrogen) atoms. The summed E-state index contributed by atoms with van der Waals surface area (Å²) in [5, 5.41) is 51.2. The van der Waals surface area contributed by atoms with Crippen LogP contribution in [0.3, 0.4) is 0 Å². The Morgan fingerprint density at radius 3 is 1.59 bits per heavy atom. The van der Waals surface area contributed by atoms with E-state index in [9.17, 15) is 58.9 Å². The van der Waals surface area contributed by atoms with Crippen LogP contribution in [0.4, 0.5) is 0 Å². The first-order valence-electron chi connectivity index (χ1n) is 26.0. The van der Waals surface area contributed by atoms with Crippen molar-refractivity contribution in [2.24, 2.45) is 0 Å². The number of carbonyl (C=O) groups excluding carboxylic acids is 2. The Morgan fingerprint density at radius 1 is 0.521 bits per heavy atom. The van der Waals surface area contributed by atoms with Crippen molar-refractivity contribution in [3.8, 4) is 0 Å². The maximum absolute atomic E-state index is 13.0. The number of phosphoric ester groups is 2. The first-order chi connectivity index (χ1) is 35.0. The van der Waals surface area contributed by atoms with Crippen molar-refractivity contribution in [3.05, 3.63) is 109 Å². The number of aliphatic hydroxyl groups excluding tert-OH is 5. The van der Waals surface area contributed by atoms with Crippen molar-refractivity contribution in [2.75, 3.05) is 13.2 Å². The van der Waals surface area contributed by atoms with Crippen LogP contribution >= 0.6 is 15.6 Å². The molecule has 0 amide bonds. The van der Waals surface area contributed by atoms with Crippen LogP contribution in [0.1, 0.15) is 155 Å². The average Bonchev–Trinajstić information content (AvgIpc) is 3.34. The third kappa shape index (κ3) is 37.1. The van der Waals surface area contributed by atoms with E-state index in [4.69, 9.17) is 18.5 Å². The Hall–Kier alpha value is -3.38. The fourth-order valence-corrected chi connectivity index (χ4v) is 8.68. The molecule has 19 heteroatoms. The molecule has 0 aromatic rings. The SMILES string of the molecule is CC/C=C\CC(O)/C=C/C=C/C/C=C\C/C=C\C/C=C\CCC(=O)O[C@H](COC(=O)CCCCCCCC/C=C\C/C=C\C/C=C\CCCCCC)COP(=O)(O)O[C@H]1C(O)C(O)C(O)[C@@H](OP(=O)(O)O)C1O. The Balaban J connectivity index is 2.62. The minimum absolute atomic E-state index is 0.0759. The predicted molar refractivity (Wildman–Crippen MR) is 284 cm³/mol. The van der Waals surface area contributed by atoms with Gasteiger partial charge in [-0.3, -0.25) is 23.2 Å².